The SMILES string of the molecule is C1CCCCC1.O=C1ONCNc2ccccc21. The largest absolute Gasteiger partial charge is 0.369 e. The number of benzene rings is 1. The van der Waals surface area contributed by atoms with Crippen LogP contribution in [0.25, 0.3) is 0 Å². The van der Waals surface area contributed by atoms with Crippen LogP contribution in [0.5, 0.6) is 0 Å². The molecule has 98 valence electrons. The highest BCUT2D eigenvalue weighted by Crippen LogP contribution is 2.16. The summed E-state index contributed by atoms with van der Waals surface area (Å²) in [4.78, 5) is 15.9. The monoisotopic (exact) mass is 248 g/mol. The number of fused-ring (bicyclic) bond motifs is 1. The molecule has 1 saturated carbocycles. The van der Waals surface area contributed by atoms with Crippen LogP contribution in [0, 0.1) is 0 Å². The molecule has 0 atom stereocenters. The Balaban J connectivity index is 0.000000169. The predicted molar refractivity (Wildman–Crippen MR) is 71.2 cm³/mol. The lowest BCUT2D eigenvalue weighted by molar-refractivity contribution is 0.0284. The van der Waals surface area contributed by atoms with Crippen LogP contribution in [-0.4, -0.2) is 12.6 Å². The molecule has 2 aliphatic rings. The van der Waals surface area contributed by atoms with E-state index in [0.29, 0.717) is 12.2 Å². The minimum Gasteiger partial charge on any atom is -0.369 e. The molecule has 3 rings (SSSR count). The highest BCUT2D eigenvalue weighted by molar-refractivity contribution is 5.95. The smallest absolute Gasteiger partial charge is 0.358 e. The molecule has 2 N–H and O–H groups in total. The number of nitrogens with one attached hydrogen (secondary N) is 2. The number of hydrogen-bond donors (Lipinski definition) is 2. The van der Waals surface area contributed by atoms with Gasteiger partial charge in [0.2, 0.25) is 0 Å². The summed E-state index contributed by atoms with van der Waals surface area (Å²) in [6.45, 7) is 0.433. The average Bonchev–Trinajstić information content (AvgIpc) is 2.64. The Morgan fingerprint density at radius 1 is 0.944 bits per heavy atom. The maximum Gasteiger partial charge on any atom is 0.358 e. The van der Waals surface area contributed by atoms with E-state index in [1.165, 1.54) is 38.5 Å². The van der Waals surface area contributed by atoms with Gasteiger partial charge in [-0.3, -0.25) is 0 Å². The number of hydrogen-bond acceptors (Lipinski definition) is 4. The normalized spacial score (nSPS) is 18.3. The maximum absolute atomic E-state index is 11.2. The second-order valence-electron chi connectivity index (χ2n) is 4.55. The van der Waals surface area contributed by atoms with E-state index < -0.39 is 0 Å². The van der Waals surface area contributed by atoms with Gasteiger partial charge in [0, 0.05) is 5.69 Å². The zero-order valence-electron chi connectivity index (χ0n) is 10.6. The summed E-state index contributed by atoms with van der Waals surface area (Å²) in [5.41, 5.74) is 3.84. The van der Waals surface area contributed by atoms with Crippen LogP contribution in [0.1, 0.15) is 48.9 Å². The molecule has 0 amide bonds. The average molecular weight is 248 g/mol. The molecule has 0 aromatic heterocycles. The lowest BCUT2D eigenvalue weighted by Gasteiger charge is -2.05. The van der Waals surface area contributed by atoms with Crippen LogP contribution in [0.3, 0.4) is 0 Å². The quantitative estimate of drug-likeness (QED) is 0.741. The van der Waals surface area contributed by atoms with Crippen LogP contribution in [0.4, 0.5) is 5.69 Å². The highest BCUT2D eigenvalue weighted by Gasteiger charge is 2.14. The van der Waals surface area contributed by atoms with Crippen molar-refractivity contribution in [1.82, 2.24) is 5.48 Å². The van der Waals surface area contributed by atoms with E-state index >= 15 is 0 Å². The summed E-state index contributed by atoms with van der Waals surface area (Å²) in [6.07, 6.45) is 9.00. The van der Waals surface area contributed by atoms with Crippen LogP contribution >= 0.6 is 0 Å². The highest BCUT2D eigenvalue weighted by atomic mass is 16.7. The van der Waals surface area contributed by atoms with Gasteiger partial charge in [0.1, 0.15) is 0 Å². The minimum atomic E-state index is -0.351. The van der Waals surface area contributed by atoms with Crippen LogP contribution < -0.4 is 10.8 Å². The molecule has 1 aliphatic carbocycles. The lowest BCUT2D eigenvalue weighted by atomic mass is 10.0. The minimum absolute atomic E-state index is 0.351. The van der Waals surface area contributed by atoms with Crippen LogP contribution in [-0.2, 0) is 4.84 Å². The Bertz CT molecular complexity index is 378. The number of para-hydroxylation sites is 1. The van der Waals surface area contributed by atoms with E-state index in [0.717, 1.165) is 5.69 Å². The molecule has 4 heteroatoms. The fourth-order valence-corrected chi connectivity index (χ4v) is 2.16. The van der Waals surface area contributed by atoms with Crippen molar-refractivity contribution < 1.29 is 9.63 Å². The topological polar surface area (TPSA) is 50.4 Å². The molecule has 0 saturated heterocycles. The third-order valence-electron chi connectivity index (χ3n) is 3.16. The Labute approximate surface area is 108 Å². The first-order valence-electron chi connectivity index (χ1n) is 6.65. The molecular formula is C14H20N2O2. The van der Waals surface area contributed by atoms with Crippen LogP contribution in [0.15, 0.2) is 24.3 Å². The van der Waals surface area contributed by atoms with Crippen molar-refractivity contribution in [2.75, 3.05) is 12.0 Å². The summed E-state index contributed by atoms with van der Waals surface area (Å²) in [5.74, 6) is -0.351. The predicted octanol–water partition coefficient (Wildman–Crippen LogP) is 3.07. The van der Waals surface area contributed by atoms with Gasteiger partial charge in [0.15, 0.2) is 0 Å². The van der Waals surface area contributed by atoms with E-state index in [-0.39, 0.29) is 5.97 Å². The fourth-order valence-electron chi connectivity index (χ4n) is 2.16. The third kappa shape index (κ3) is 3.74. The number of carbonyl (C=O) groups is 1. The Morgan fingerprint density at radius 2 is 1.56 bits per heavy atom. The molecule has 1 aromatic carbocycles. The number of carbonyl (C=O) groups excluding carboxylic acids is 1. The Kier molecular flexibility index (Phi) is 5.02. The van der Waals surface area contributed by atoms with Gasteiger partial charge in [-0.15, -0.1) is 5.48 Å². The maximum atomic E-state index is 11.2. The molecule has 0 radical (unpaired) electrons. The van der Waals surface area contributed by atoms with Crippen molar-refractivity contribution in [2.45, 2.75) is 38.5 Å². The fraction of sp³-hybridized carbons (Fsp3) is 0.500. The number of anilines is 1. The van der Waals surface area contributed by atoms with E-state index in [1.54, 1.807) is 12.1 Å². The van der Waals surface area contributed by atoms with Crippen molar-refractivity contribution in [3.05, 3.63) is 29.8 Å². The Morgan fingerprint density at radius 3 is 2.22 bits per heavy atom. The summed E-state index contributed by atoms with van der Waals surface area (Å²) in [7, 11) is 0. The summed E-state index contributed by atoms with van der Waals surface area (Å²) in [5, 5.41) is 3.00. The van der Waals surface area contributed by atoms with Gasteiger partial charge in [-0.05, 0) is 12.1 Å². The second kappa shape index (κ2) is 7.01. The van der Waals surface area contributed by atoms with Gasteiger partial charge in [-0.25, -0.2) is 4.79 Å². The first-order chi connectivity index (χ1) is 8.88. The molecule has 0 bridgehead atoms. The van der Waals surface area contributed by atoms with Gasteiger partial charge >= 0.3 is 5.97 Å². The van der Waals surface area contributed by atoms with E-state index in [9.17, 15) is 4.79 Å². The van der Waals surface area contributed by atoms with Crippen molar-refractivity contribution in [2.24, 2.45) is 0 Å². The van der Waals surface area contributed by atoms with Gasteiger partial charge in [0.05, 0.1) is 12.2 Å². The molecule has 1 heterocycles. The molecule has 0 unspecified atom stereocenters. The van der Waals surface area contributed by atoms with E-state index in [4.69, 9.17) is 0 Å². The van der Waals surface area contributed by atoms with Gasteiger partial charge in [-0.2, -0.15) is 0 Å². The van der Waals surface area contributed by atoms with E-state index in [2.05, 4.69) is 15.6 Å². The van der Waals surface area contributed by atoms with Crippen molar-refractivity contribution in [3.63, 3.8) is 0 Å². The lowest BCUT2D eigenvalue weighted by Crippen LogP contribution is -2.21. The Hall–Kier alpha value is -1.55. The standard InChI is InChI=1S/C8H8N2O2.C6H12/c11-8-6-3-1-2-4-7(6)9-5-10-12-8;1-2-4-6-5-3-1/h1-4,9-10H,5H2;1-6H2. The van der Waals surface area contributed by atoms with E-state index in [1.807, 2.05) is 12.1 Å². The summed E-state index contributed by atoms with van der Waals surface area (Å²) in [6, 6.07) is 7.22. The molecule has 0 spiro atoms. The molecule has 4 nitrogen and oxygen atoms in total. The molecule has 18 heavy (non-hydrogen) atoms. The zero-order chi connectivity index (χ0) is 12.6. The molecular weight excluding hydrogens is 228 g/mol. The van der Waals surface area contributed by atoms with Gasteiger partial charge < -0.3 is 10.2 Å². The molecule has 1 fully saturated rings. The summed E-state index contributed by atoms with van der Waals surface area (Å²) < 4.78 is 0. The van der Waals surface area contributed by atoms with Gasteiger partial charge in [0.25, 0.3) is 0 Å². The zero-order valence-corrected chi connectivity index (χ0v) is 10.6. The van der Waals surface area contributed by atoms with Crippen LogP contribution in [0.2, 0.25) is 0 Å². The van der Waals surface area contributed by atoms with Gasteiger partial charge in [-0.1, -0.05) is 50.7 Å². The molecule has 1 aromatic rings. The number of hydroxylamine groups is 1. The molecule has 1 aliphatic heterocycles. The van der Waals surface area contributed by atoms with Crippen molar-refractivity contribution in [3.8, 4) is 0 Å². The van der Waals surface area contributed by atoms with Crippen molar-refractivity contribution in [1.29, 1.82) is 0 Å². The summed E-state index contributed by atoms with van der Waals surface area (Å²) >= 11 is 0. The second-order valence-corrected chi connectivity index (χ2v) is 4.55. The first kappa shape index (κ1) is 12.9. The first-order valence-corrected chi connectivity index (χ1v) is 6.65. The third-order valence-corrected chi connectivity index (χ3v) is 3.16. The number of rotatable bonds is 0. The van der Waals surface area contributed by atoms with Crippen molar-refractivity contribution >= 4 is 11.7 Å².